The third-order valence-electron chi connectivity index (χ3n) is 6.12. The molecule has 5 heteroatoms. The summed E-state index contributed by atoms with van der Waals surface area (Å²) < 4.78 is 11.0. The third-order valence-corrected chi connectivity index (χ3v) is 6.12. The number of phenolic OH excluding ortho intramolecular Hbond substituents is 1. The summed E-state index contributed by atoms with van der Waals surface area (Å²) in [6.45, 7) is 2.89. The summed E-state index contributed by atoms with van der Waals surface area (Å²) in [5, 5.41) is 11.0. The summed E-state index contributed by atoms with van der Waals surface area (Å²) in [4.78, 5) is 6.58. The maximum absolute atomic E-state index is 11.0. The largest absolute Gasteiger partial charge is 0.504 e. The predicted molar refractivity (Wildman–Crippen MR) is 122 cm³/mol. The smallest absolute Gasteiger partial charge is 0.161 e. The van der Waals surface area contributed by atoms with Crippen molar-refractivity contribution in [1.82, 2.24) is 9.88 Å². The molecule has 3 aromatic rings. The summed E-state index contributed by atoms with van der Waals surface area (Å²) in [5.74, 6) is 1.63. The van der Waals surface area contributed by atoms with Crippen molar-refractivity contribution in [1.29, 1.82) is 0 Å². The standard InChI is InChI=1S/C26H30N2O3/c1-30-24-8-4-3-7-21(24)16-22-23-18-28(14-5-6-19-9-12-27-13-10-19)15-11-20(23)17-25(31-2)26(22)29/h3-4,7-10,12-13,17,29H,5-6,11,14-16,18H2,1-2H3. The average Bonchev–Trinajstić information content (AvgIpc) is 2.81. The van der Waals surface area contributed by atoms with Crippen LogP contribution < -0.4 is 9.47 Å². The van der Waals surface area contributed by atoms with Crippen molar-refractivity contribution in [3.8, 4) is 17.2 Å². The summed E-state index contributed by atoms with van der Waals surface area (Å²) >= 11 is 0. The van der Waals surface area contributed by atoms with Crippen LogP contribution in [0.4, 0.5) is 0 Å². The minimum absolute atomic E-state index is 0.241. The monoisotopic (exact) mass is 418 g/mol. The van der Waals surface area contributed by atoms with E-state index >= 15 is 0 Å². The Morgan fingerprint density at radius 3 is 2.58 bits per heavy atom. The highest BCUT2D eigenvalue weighted by atomic mass is 16.5. The molecule has 2 aromatic carbocycles. The summed E-state index contributed by atoms with van der Waals surface area (Å²) in [6, 6.07) is 14.2. The van der Waals surface area contributed by atoms with Crippen molar-refractivity contribution in [2.75, 3.05) is 27.3 Å². The number of methoxy groups -OCH3 is 2. The average molecular weight is 419 g/mol. The van der Waals surface area contributed by atoms with Crippen molar-refractivity contribution >= 4 is 0 Å². The molecule has 0 spiro atoms. The molecule has 0 radical (unpaired) electrons. The van der Waals surface area contributed by atoms with Gasteiger partial charge in [0.25, 0.3) is 0 Å². The fourth-order valence-corrected chi connectivity index (χ4v) is 4.43. The van der Waals surface area contributed by atoms with Crippen LogP contribution in [-0.2, 0) is 25.8 Å². The van der Waals surface area contributed by atoms with Crippen molar-refractivity contribution < 1.29 is 14.6 Å². The lowest BCUT2D eigenvalue weighted by Crippen LogP contribution is -2.32. The number of hydrogen-bond acceptors (Lipinski definition) is 5. The van der Waals surface area contributed by atoms with E-state index in [0.29, 0.717) is 12.2 Å². The van der Waals surface area contributed by atoms with Crippen molar-refractivity contribution in [3.05, 3.63) is 82.7 Å². The molecular formula is C26H30N2O3. The summed E-state index contributed by atoms with van der Waals surface area (Å²) in [7, 11) is 3.30. The highest BCUT2D eigenvalue weighted by Gasteiger charge is 2.24. The molecule has 0 unspecified atom stereocenters. The lowest BCUT2D eigenvalue weighted by molar-refractivity contribution is 0.249. The highest BCUT2D eigenvalue weighted by Crippen LogP contribution is 2.39. The molecule has 4 rings (SSSR count). The number of ether oxygens (including phenoxy) is 2. The zero-order valence-electron chi connectivity index (χ0n) is 18.3. The lowest BCUT2D eigenvalue weighted by Gasteiger charge is -2.31. The van der Waals surface area contributed by atoms with Crippen LogP contribution in [0.5, 0.6) is 17.2 Å². The van der Waals surface area contributed by atoms with E-state index in [2.05, 4.69) is 28.1 Å². The molecule has 0 aliphatic carbocycles. The zero-order valence-corrected chi connectivity index (χ0v) is 18.3. The second-order valence-corrected chi connectivity index (χ2v) is 8.02. The van der Waals surface area contributed by atoms with Crippen LogP contribution in [0.2, 0.25) is 0 Å². The van der Waals surface area contributed by atoms with Gasteiger partial charge in [0.05, 0.1) is 14.2 Å². The van der Waals surface area contributed by atoms with Crippen LogP contribution in [0.1, 0.15) is 34.2 Å². The molecule has 162 valence electrons. The Hall–Kier alpha value is -3.05. The number of para-hydroxylation sites is 1. The van der Waals surface area contributed by atoms with E-state index in [1.165, 1.54) is 16.7 Å². The van der Waals surface area contributed by atoms with Crippen LogP contribution >= 0.6 is 0 Å². The van der Waals surface area contributed by atoms with E-state index in [-0.39, 0.29) is 5.75 Å². The summed E-state index contributed by atoms with van der Waals surface area (Å²) in [5.41, 5.74) is 5.82. The number of nitrogens with zero attached hydrogens (tertiary/aromatic N) is 2. The zero-order chi connectivity index (χ0) is 21.6. The Morgan fingerprint density at radius 1 is 1.03 bits per heavy atom. The Balaban J connectivity index is 1.55. The van der Waals surface area contributed by atoms with E-state index in [1.807, 2.05) is 36.7 Å². The first-order valence-electron chi connectivity index (χ1n) is 10.8. The fraction of sp³-hybridized carbons (Fsp3) is 0.346. The molecule has 0 bridgehead atoms. The molecule has 0 amide bonds. The number of fused-ring (bicyclic) bond motifs is 1. The van der Waals surface area contributed by atoms with Gasteiger partial charge < -0.3 is 14.6 Å². The molecular weight excluding hydrogens is 388 g/mol. The Morgan fingerprint density at radius 2 is 1.81 bits per heavy atom. The van der Waals surface area contributed by atoms with Gasteiger partial charge in [-0.2, -0.15) is 0 Å². The van der Waals surface area contributed by atoms with Crippen LogP contribution in [0.15, 0.2) is 54.9 Å². The number of aromatic hydroxyl groups is 1. The van der Waals surface area contributed by atoms with Crippen LogP contribution in [0, 0.1) is 0 Å². The minimum atomic E-state index is 0.241. The number of hydrogen-bond donors (Lipinski definition) is 1. The lowest BCUT2D eigenvalue weighted by atomic mass is 9.89. The van der Waals surface area contributed by atoms with Gasteiger partial charge in [-0.1, -0.05) is 18.2 Å². The number of rotatable bonds is 8. The Labute approximate surface area is 184 Å². The fourth-order valence-electron chi connectivity index (χ4n) is 4.43. The van der Waals surface area contributed by atoms with Gasteiger partial charge in [0, 0.05) is 37.5 Å². The number of aromatic nitrogens is 1. The Kier molecular flexibility index (Phi) is 6.73. The van der Waals surface area contributed by atoms with E-state index in [1.54, 1.807) is 14.2 Å². The number of benzene rings is 2. The van der Waals surface area contributed by atoms with Crippen LogP contribution in [0.3, 0.4) is 0 Å². The first kappa shape index (κ1) is 21.2. The molecule has 1 N–H and O–H groups in total. The normalized spacial score (nSPS) is 13.6. The molecule has 2 heterocycles. The first-order chi connectivity index (χ1) is 15.2. The highest BCUT2D eigenvalue weighted by molar-refractivity contribution is 5.56. The van der Waals surface area contributed by atoms with Gasteiger partial charge in [-0.15, -0.1) is 0 Å². The molecule has 0 saturated carbocycles. The number of phenols is 1. The van der Waals surface area contributed by atoms with Crippen molar-refractivity contribution in [3.63, 3.8) is 0 Å². The summed E-state index contributed by atoms with van der Waals surface area (Å²) in [6.07, 6.45) is 7.43. The minimum Gasteiger partial charge on any atom is -0.504 e. The van der Waals surface area contributed by atoms with E-state index in [4.69, 9.17) is 9.47 Å². The maximum Gasteiger partial charge on any atom is 0.161 e. The van der Waals surface area contributed by atoms with Gasteiger partial charge in [0.1, 0.15) is 5.75 Å². The van der Waals surface area contributed by atoms with Crippen LogP contribution in [-0.4, -0.2) is 42.3 Å². The van der Waals surface area contributed by atoms with Gasteiger partial charge in [0.2, 0.25) is 0 Å². The van der Waals surface area contributed by atoms with Gasteiger partial charge >= 0.3 is 0 Å². The third kappa shape index (κ3) is 4.83. The molecule has 0 atom stereocenters. The van der Waals surface area contributed by atoms with Crippen LogP contribution in [0.25, 0.3) is 0 Å². The number of aryl methyl sites for hydroxylation is 1. The SMILES string of the molecule is COc1ccccc1Cc1c(O)c(OC)cc2c1CN(CCCc1ccncc1)CC2. The van der Waals surface area contributed by atoms with E-state index < -0.39 is 0 Å². The molecule has 1 aliphatic rings. The van der Waals surface area contributed by atoms with Gasteiger partial charge in [-0.05, 0) is 72.3 Å². The van der Waals surface area contributed by atoms with E-state index in [0.717, 1.165) is 55.8 Å². The number of pyridine rings is 1. The molecule has 1 aromatic heterocycles. The van der Waals surface area contributed by atoms with Gasteiger partial charge in [0.15, 0.2) is 11.5 Å². The second kappa shape index (κ2) is 9.84. The van der Waals surface area contributed by atoms with Crippen molar-refractivity contribution in [2.24, 2.45) is 0 Å². The maximum atomic E-state index is 11.0. The predicted octanol–water partition coefficient (Wildman–Crippen LogP) is 4.39. The molecule has 31 heavy (non-hydrogen) atoms. The van der Waals surface area contributed by atoms with Gasteiger partial charge in [-0.3, -0.25) is 9.88 Å². The molecule has 1 aliphatic heterocycles. The Bertz CT molecular complexity index is 1020. The van der Waals surface area contributed by atoms with E-state index in [9.17, 15) is 5.11 Å². The topological polar surface area (TPSA) is 54.8 Å². The quantitative estimate of drug-likeness (QED) is 0.588. The molecule has 0 fully saturated rings. The van der Waals surface area contributed by atoms with Crippen molar-refractivity contribution in [2.45, 2.75) is 32.2 Å². The molecule has 5 nitrogen and oxygen atoms in total. The second-order valence-electron chi connectivity index (χ2n) is 8.02. The first-order valence-corrected chi connectivity index (χ1v) is 10.8. The van der Waals surface area contributed by atoms with Gasteiger partial charge in [-0.25, -0.2) is 0 Å². The molecule has 0 saturated heterocycles.